The molecule has 68 valence electrons. The van der Waals surface area contributed by atoms with Crippen molar-refractivity contribution in [1.29, 1.82) is 0 Å². The lowest BCUT2D eigenvalue weighted by atomic mass is 9.77. The van der Waals surface area contributed by atoms with Crippen molar-refractivity contribution < 1.29 is 0 Å². The lowest BCUT2D eigenvalue weighted by Gasteiger charge is -2.31. The van der Waals surface area contributed by atoms with Crippen LogP contribution in [-0.2, 0) is 0 Å². The highest BCUT2D eigenvalue weighted by atomic mass is 35.5. The average Bonchev–Trinajstić information content (AvgIpc) is 2.06. The minimum atomic E-state index is 0. The lowest BCUT2D eigenvalue weighted by molar-refractivity contribution is 0.342. The maximum atomic E-state index is 6.12. The van der Waals surface area contributed by atoms with Crippen molar-refractivity contribution in [3.8, 4) is 0 Å². The van der Waals surface area contributed by atoms with E-state index in [1.165, 1.54) is 25.7 Å². The van der Waals surface area contributed by atoms with Crippen LogP contribution in [-0.4, -0.2) is 0 Å². The van der Waals surface area contributed by atoms with Gasteiger partial charge in [0.1, 0.15) is 0 Å². The monoisotopic (exact) mass is 184 g/mol. The fourth-order valence-corrected chi connectivity index (χ4v) is 2.49. The van der Waals surface area contributed by atoms with E-state index >= 15 is 0 Å². The Balaban J connectivity index is 0.000000720. The van der Waals surface area contributed by atoms with Crippen LogP contribution < -0.4 is 0 Å². The summed E-state index contributed by atoms with van der Waals surface area (Å²) in [6, 6.07) is 0. The second kappa shape index (κ2) is 4.13. The smallest absolute Gasteiger partial charge is 0.0178 e. The summed E-state index contributed by atoms with van der Waals surface area (Å²) in [4.78, 5) is 0. The van der Waals surface area contributed by atoms with Crippen molar-refractivity contribution in [2.75, 3.05) is 0 Å². The minimum Gasteiger partial charge on any atom is -0.0892 e. The average molecular weight is 185 g/mol. The Morgan fingerprint density at radius 1 is 1.25 bits per heavy atom. The van der Waals surface area contributed by atoms with Crippen LogP contribution in [0.1, 0.15) is 33.1 Å². The van der Waals surface area contributed by atoms with Crippen LogP contribution in [0, 0.1) is 11.8 Å². The zero-order valence-corrected chi connectivity index (χ0v) is 7.35. The number of hydrogen-bond acceptors (Lipinski definition) is 0. The van der Waals surface area contributed by atoms with Crippen LogP contribution in [0.3, 0.4) is 0 Å². The minimum absolute atomic E-state index is 0. The van der Waals surface area contributed by atoms with Crippen molar-refractivity contribution in [2.45, 2.75) is 33.1 Å². The molecule has 0 heterocycles. The topological polar surface area (TPSA) is 0 Å². The van der Waals surface area contributed by atoms with E-state index in [-0.39, 0.29) is 7.43 Å². The molecule has 0 fully saturated rings. The van der Waals surface area contributed by atoms with Gasteiger partial charge >= 0.3 is 0 Å². The fraction of sp³-hybridized carbons (Fsp3) is 0.636. The second-order valence-electron chi connectivity index (χ2n) is 3.48. The van der Waals surface area contributed by atoms with Crippen molar-refractivity contribution >= 4 is 11.6 Å². The van der Waals surface area contributed by atoms with Gasteiger partial charge in [0.05, 0.1) is 0 Å². The van der Waals surface area contributed by atoms with Gasteiger partial charge in [0, 0.05) is 11.0 Å². The van der Waals surface area contributed by atoms with E-state index in [9.17, 15) is 0 Å². The van der Waals surface area contributed by atoms with Crippen molar-refractivity contribution in [3.63, 3.8) is 0 Å². The second-order valence-corrected chi connectivity index (χ2v) is 3.91. The summed E-state index contributed by atoms with van der Waals surface area (Å²) in [5.41, 5.74) is 0. The van der Waals surface area contributed by atoms with Crippen LogP contribution >= 0.6 is 11.6 Å². The molecule has 0 N–H and O–H groups in total. The van der Waals surface area contributed by atoms with E-state index in [1.54, 1.807) is 0 Å². The first-order chi connectivity index (χ1) is 5.38. The van der Waals surface area contributed by atoms with E-state index in [1.807, 2.05) is 0 Å². The quantitative estimate of drug-likeness (QED) is 0.497. The number of hydrogen-bond donors (Lipinski definition) is 0. The summed E-state index contributed by atoms with van der Waals surface area (Å²) in [5, 5.41) is 1.12. The molecule has 2 unspecified atom stereocenters. The molecule has 0 bridgehead atoms. The number of rotatable bonds is 0. The molecule has 0 saturated heterocycles. The van der Waals surface area contributed by atoms with E-state index in [2.05, 4.69) is 18.2 Å². The number of fused-ring (bicyclic) bond motifs is 1. The van der Waals surface area contributed by atoms with Gasteiger partial charge in [-0.25, -0.2) is 0 Å². The predicted octanol–water partition coefficient (Wildman–Crippen LogP) is 4.12. The summed E-state index contributed by atoms with van der Waals surface area (Å²) in [7, 11) is 0. The van der Waals surface area contributed by atoms with E-state index in [0.29, 0.717) is 5.92 Å². The highest BCUT2D eigenvalue weighted by Crippen LogP contribution is 2.39. The standard InChI is InChI=1S/C10H13Cl.CH4/c11-10-7-3-5-8-4-1-2-6-9(8)10;/h1-2,7-9H,3-6H2;1H4. The molecule has 1 heteroatoms. The molecule has 2 aliphatic rings. The third-order valence-corrected chi connectivity index (χ3v) is 3.23. The van der Waals surface area contributed by atoms with E-state index < -0.39 is 0 Å². The molecule has 2 atom stereocenters. The molecule has 0 aromatic rings. The van der Waals surface area contributed by atoms with E-state index in [4.69, 9.17) is 11.6 Å². The normalized spacial score (nSPS) is 33.2. The van der Waals surface area contributed by atoms with E-state index in [0.717, 1.165) is 11.0 Å². The van der Waals surface area contributed by atoms with Crippen LogP contribution in [0.4, 0.5) is 0 Å². The molecule has 2 rings (SSSR count). The maximum Gasteiger partial charge on any atom is 0.0178 e. The van der Waals surface area contributed by atoms with Crippen LogP contribution in [0.25, 0.3) is 0 Å². The summed E-state index contributed by atoms with van der Waals surface area (Å²) in [5.74, 6) is 1.51. The van der Waals surface area contributed by atoms with Gasteiger partial charge in [-0.15, -0.1) is 0 Å². The zero-order chi connectivity index (χ0) is 7.68. The van der Waals surface area contributed by atoms with Crippen LogP contribution in [0.2, 0.25) is 0 Å². The van der Waals surface area contributed by atoms with Gasteiger partial charge in [-0.1, -0.05) is 37.3 Å². The van der Waals surface area contributed by atoms with Crippen LogP contribution in [0.5, 0.6) is 0 Å². The molecule has 0 amide bonds. The SMILES string of the molecule is C.ClC1=CCCC2CC=CCC12. The summed E-state index contributed by atoms with van der Waals surface area (Å²) in [6.07, 6.45) is 11.7. The largest absolute Gasteiger partial charge is 0.0892 e. The first-order valence-corrected chi connectivity index (χ1v) is 4.76. The molecule has 2 aliphatic carbocycles. The first-order valence-electron chi connectivity index (χ1n) is 4.38. The summed E-state index contributed by atoms with van der Waals surface area (Å²) < 4.78 is 0. The zero-order valence-electron chi connectivity index (χ0n) is 6.59. The third kappa shape index (κ3) is 1.74. The van der Waals surface area contributed by atoms with Crippen molar-refractivity contribution in [1.82, 2.24) is 0 Å². The Morgan fingerprint density at radius 3 is 2.75 bits per heavy atom. The molecule has 0 radical (unpaired) electrons. The Kier molecular flexibility index (Phi) is 3.39. The number of halogens is 1. The summed E-state index contributed by atoms with van der Waals surface area (Å²) >= 11 is 6.12. The molecular formula is C11H17Cl. The van der Waals surface area contributed by atoms with Crippen molar-refractivity contribution in [3.05, 3.63) is 23.3 Å². The van der Waals surface area contributed by atoms with Gasteiger partial charge in [-0.3, -0.25) is 0 Å². The van der Waals surface area contributed by atoms with Gasteiger partial charge in [0.2, 0.25) is 0 Å². The maximum absolute atomic E-state index is 6.12. The van der Waals surface area contributed by atoms with Crippen LogP contribution in [0.15, 0.2) is 23.3 Å². The third-order valence-electron chi connectivity index (χ3n) is 2.80. The fourth-order valence-electron chi connectivity index (χ4n) is 2.11. The molecule has 0 saturated carbocycles. The lowest BCUT2D eigenvalue weighted by Crippen LogP contribution is -2.19. The Hall–Kier alpha value is -0.230. The Morgan fingerprint density at radius 2 is 2.00 bits per heavy atom. The van der Waals surface area contributed by atoms with Gasteiger partial charge in [0.25, 0.3) is 0 Å². The predicted molar refractivity (Wildman–Crippen MR) is 55.3 cm³/mol. The van der Waals surface area contributed by atoms with Gasteiger partial charge in [0.15, 0.2) is 0 Å². The summed E-state index contributed by atoms with van der Waals surface area (Å²) in [6.45, 7) is 0. The first kappa shape index (κ1) is 9.85. The van der Waals surface area contributed by atoms with Gasteiger partial charge in [-0.2, -0.15) is 0 Å². The molecule has 0 nitrogen and oxygen atoms in total. The van der Waals surface area contributed by atoms with Gasteiger partial charge < -0.3 is 0 Å². The number of allylic oxidation sites excluding steroid dienone is 4. The molecule has 12 heavy (non-hydrogen) atoms. The van der Waals surface area contributed by atoms with Gasteiger partial charge in [-0.05, 0) is 31.6 Å². The Labute approximate surface area is 80.3 Å². The molecular weight excluding hydrogens is 168 g/mol. The highest BCUT2D eigenvalue weighted by molar-refractivity contribution is 6.29. The Bertz CT molecular complexity index is 203. The molecule has 0 spiro atoms. The molecule has 0 aliphatic heterocycles. The molecule has 0 aromatic carbocycles. The molecule has 0 aromatic heterocycles. The van der Waals surface area contributed by atoms with Crippen molar-refractivity contribution in [2.24, 2.45) is 11.8 Å². The highest BCUT2D eigenvalue weighted by Gasteiger charge is 2.26.